The van der Waals surface area contributed by atoms with Crippen LogP contribution in [0.25, 0.3) is 0 Å². The highest BCUT2D eigenvalue weighted by Crippen LogP contribution is 2.20. The molecule has 0 aromatic rings. The lowest BCUT2D eigenvalue weighted by Crippen LogP contribution is -2.29. The second kappa shape index (κ2) is 15.2. The van der Waals surface area contributed by atoms with Gasteiger partial charge in [0.15, 0.2) is 0 Å². The van der Waals surface area contributed by atoms with Crippen molar-refractivity contribution in [1.29, 1.82) is 0 Å². The van der Waals surface area contributed by atoms with Gasteiger partial charge in [0.2, 0.25) is 11.8 Å². The van der Waals surface area contributed by atoms with Gasteiger partial charge in [-0.15, -0.1) is 0 Å². The van der Waals surface area contributed by atoms with Crippen LogP contribution >= 0.6 is 11.8 Å². The SMILES string of the molecule is CCCCNC(=O)CCC(CC(=O)NCCCC)SCCC. The lowest BCUT2D eigenvalue weighted by molar-refractivity contribution is -0.122. The molecule has 22 heavy (non-hydrogen) atoms. The molecule has 0 rings (SSSR count). The fraction of sp³-hybridized carbons (Fsp3) is 0.882. The lowest BCUT2D eigenvalue weighted by Gasteiger charge is -2.16. The summed E-state index contributed by atoms with van der Waals surface area (Å²) < 4.78 is 0. The highest BCUT2D eigenvalue weighted by molar-refractivity contribution is 7.99. The number of hydrogen-bond donors (Lipinski definition) is 2. The predicted molar refractivity (Wildman–Crippen MR) is 96.2 cm³/mol. The summed E-state index contributed by atoms with van der Waals surface area (Å²) >= 11 is 1.82. The highest BCUT2D eigenvalue weighted by Gasteiger charge is 2.15. The van der Waals surface area contributed by atoms with E-state index in [1.807, 2.05) is 11.8 Å². The zero-order valence-electron chi connectivity index (χ0n) is 14.6. The Morgan fingerprint density at radius 1 is 0.909 bits per heavy atom. The minimum absolute atomic E-state index is 0.113. The first-order chi connectivity index (χ1) is 10.6. The molecule has 5 heteroatoms. The summed E-state index contributed by atoms with van der Waals surface area (Å²) in [6.07, 6.45) is 7.16. The molecular weight excluding hydrogens is 296 g/mol. The summed E-state index contributed by atoms with van der Waals surface area (Å²) in [6, 6.07) is 0. The molecule has 0 fully saturated rings. The van der Waals surface area contributed by atoms with E-state index in [4.69, 9.17) is 0 Å². The molecule has 2 amide bonds. The van der Waals surface area contributed by atoms with E-state index in [1.54, 1.807) is 0 Å². The Morgan fingerprint density at radius 2 is 1.50 bits per heavy atom. The Bertz CT molecular complexity index is 298. The molecule has 1 atom stereocenters. The van der Waals surface area contributed by atoms with Gasteiger partial charge in [0.1, 0.15) is 0 Å². The molecule has 4 nitrogen and oxygen atoms in total. The number of amides is 2. The Hall–Kier alpha value is -0.710. The molecule has 0 saturated carbocycles. The molecular formula is C17H34N2O2S. The molecule has 0 saturated heterocycles. The predicted octanol–water partition coefficient (Wildman–Crippen LogP) is 3.50. The van der Waals surface area contributed by atoms with Crippen LogP contribution in [0.1, 0.15) is 72.1 Å². The van der Waals surface area contributed by atoms with Crippen molar-refractivity contribution in [1.82, 2.24) is 10.6 Å². The summed E-state index contributed by atoms with van der Waals surface area (Å²) in [5.74, 6) is 1.28. The van der Waals surface area contributed by atoms with E-state index >= 15 is 0 Å². The van der Waals surface area contributed by atoms with Crippen LogP contribution in [0, 0.1) is 0 Å². The van der Waals surface area contributed by atoms with Crippen molar-refractivity contribution in [3.8, 4) is 0 Å². The lowest BCUT2D eigenvalue weighted by atomic mass is 10.1. The second-order valence-electron chi connectivity index (χ2n) is 5.64. The molecule has 2 N–H and O–H groups in total. The van der Waals surface area contributed by atoms with E-state index in [9.17, 15) is 9.59 Å². The van der Waals surface area contributed by atoms with Crippen LogP contribution in [0.15, 0.2) is 0 Å². The summed E-state index contributed by atoms with van der Waals surface area (Å²) in [4.78, 5) is 23.7. The van der Waals surface area contributed by atoms with Crippen LogP contribution in [0.5, 0.6) is 0 Å². The van der Waals surface area contributed by atoms with Crippen molar-refractivity contribution in [2.75, 3.05) is 18.8 Å². The van der Waals surface area contributed by atoms with Gasteiger partial charge in [0.05, 0.1) is 0 Å². The number of nitrogens with one attached hydrogen (secondary N) is 2. The van der Waals surface area contributed by atoms with Gasteiger partial charge in [-0.1, -0.05) is 33.6 Å². The van der Waals surface area contributed by atoms with Crippen molar-refractivity contribution in [3.63, 3.8) is 0 Å². The van der Waals surface area contributed by atoms with Gasteiger partial charge in [0.25, 0.3) is 0 Å². The van der Waals surface area contributed by atoms with Gasteiger partial charge in [0, 0.05) is 31.2 Å². The van der Waals surface area contributed by atoms with Crippen LogP contribution in [0.3, 0.4) is 0 Å². The maximum atomic E-state index is 11.9. The van der Waals surface area contributed by atoms with Crippen molar-refractivity contribution < 1.29 is 9.59 Å². The number of thioether (sulfide) groups is 1. The Balaban J connectivity index is 4.05. The second-order valence-corrected chi connectivity index (χ2v) is 7.05. The monoisotopic (exact) mass is 330 g/mol. The van der Waals surface area contributed by atoms with E-state index in [1.165, 1.54) is 0 Å². The molecule has 130 valence electrons. The first-order valence-corrected chi connectivity index (χ1v) is 9.83. The standard InChI is InChI=1S/C17H34N2O2S/c1-4-7-11-18-16(20)10-9-15(22-13-6-3)14-17(21)19-12-8-5-2/h15H,4-14H2,1-3H3,(H,18,20)(H,19,21). The Labute approximate surface area is 140 Å². The first-order valence-electron chi connectivity index (χ1n) is 8.78. The minimum Gasteiger partial charge on any atom is -0.356 e. The van der Waals surface area contributed by atoms with Gasteiger partial charge in [-0.2, -0.15) is 11.8 Å². The van der Waals surface area contributed by atoms with E-state index in [0.717, 1.165) is 57.4 Å². The number of carbonyl (C=O) groups excluding carboxylic acids is 2. The zero-order chi connectivity index (χ0) is 16.6. The summed E-state index contributed by atoms with van der Waals surface area (Å²) in [6.45, 7) is 7.89. The third-order valence-corrected chi connectivity index (χ3v) is 4.89. The van der Waals surface area contributed by atoms with Gasteiger partial charge in [-0.05, 0) is 31.4 Å². The minimum atomic E-state index is 0.113. The molecule has 0 spiro atoms. The maximum absolute atomic E-state index is 11.9. The van der Waals surface area contributed by atoms with Gasteiger partial charge < -0.3 is 10.6 Å². The van der Waals surface area contributed by atoms with Crippen LogP contribution in [-0.4, -0.2) is 35.9 Å². The summed E-state index contributed by atoms with van der Waals surface area (Å²) in [5, 5.41) is 6.16. The van der Waals surface area contributed by atoms with Crippen LogP contribution in [0.4, 0.5) is 0 Å². The highest BCUT2D eigenvalue weighted by atomic mass is 32.2. The van der Waals surface area contributed by atoms with Gasteiger partial charge in [-0.3, -0.25) is 9.59 Å². The zero-order valence-corrected chi connectivity index (χ0v) is 15.4. The van der Waals surface area contributed by atoms with Crippen molar-refractivity contribution >= 4 is 23.6 Å². The molecule has 0 bridgehead atoms. The molecule has 1 unspecified atom stereocenters. The van der Waals surface area contributed by atoms with Crippen LogP contribution in [-0.2, 0) is 9.59 Å². The van der Waals surface area contributed by atoms with Crippen LogP contribution < -0.4 is 10.6 Å². The Morgan fingerprint density at radius 3 is 2.05 bits per heavy atom. The molecule has 0 aliphatic heterocycles. The molecule has 0 aromatic carbocycles. The Kier molecular flexibility index (Phi) is 14.7. The van der Waals surface area contributed by atoms with E-state index in [-0.39, 0.29) is 17.1 Å². The number of unbranched alkanes of at least 4 members (excludes halogenated alkanes) is 2. The van der Waals surface area contributed by atoms with E-state index in [0.29, 0.717) is 12.8 Å². The molecule has 0 aromatic heterocycles. The van der Waals surface area contributed by atoms with Crippen molar-refractivity contribution in [2.45, 2.75) is 77.4 Å². The molecule has 0 heterocycles. The summed E-state index contributed by atoms with van der Waals surface area (Å²) in [7, 11) is 0. The van der Waals surface area contributed by atoms with Crippen molar-refractivity contribution in [2.24, 2.45) is 0 Å². The molecule has 0 aliphatic carbocycles. The molecule has 0 aliphatic rings. The van der Waals surface area contributed by atoms with Crippen LogP contribution in [0.2, 0.25) is 0 Å². The average Bonchev–Trinajstić information content (AvgIpc) is 2.50. The summed E-state index contributed by atoms with van der Waals surface area (Å²) in [5.41, 5.74) is 0. The van der Waals surface area contributed by atoms with E-state index < -0.39 is 0 Å². The largest absolute Gasteiger partial charge is 0.356 e. The molecule has 0 radical (unpaired) electrons. The smallest absolute Gasteiger partial charge is 0.221 e. The first kappa shape index (κ1) is 21.3. The van der Waals surface area contributed by atoms with E-state index in [2.05, 4.69) is 31.4 Å². The number of rotatable bonds is 14. The average molecular weight is 331 g/mol. The van der Waals surface area contributed by atoms with Gasteiger partial charge in [-0.25, -0.2) is 0 Å². The topological polar surface area (TPSA) is 58.2 Å². The third kappa shape index (κ3) is 13.0. The quantitative estimate of drug-likeness (QED) is 0.479. The van der Waals surface area contributed by atoms with Gasteiger partial charge >= 0.3 is 0 Å². The maximum Gasteiger partial charge on any atom is 0.221 e. The fourth-order valence-corrected chi connectivity index (χ4v) is 3.12. The normalized spacial score (nSPS) is 12.0. The number of hydrogen-bond acceptors (Lipinski definition) is 3. The third-order valence-electron chi connectivity index (χ3n) is 3.37. The number of carbonyl (C=O) groups is 2. The fourth-order valence-electron chi connectivity index (χ4n) is 2.00. The van der Waals surface area contributed by atoms with Crippen molar-refractivity contribution in [3.05, 3.63) is 0 Å².